The molecule has 0 fully saturated rings. The fourth-order valence-corrected chi connectivity index (χ4v) is 2.62. The van der Waals surface area contributed by atoms with Crippen LogP contribution in [-0.4, -0.2) is 28.1 Å². The molecular formula is C13H9Cl2F3N4O2S. The zero-order chi connectivity index (χ0) is 18.8. The molecule has 1 aromatic carbocycles. The molecule has 1 atom stereocenters. The van der Waals surface area contributed by atoms with Gasteiger partial charge in [-0.1, -0.05) is 40.6 Å². The number of alkyl halides is 3. The number of hydrogen-bond donors (Lipinski definition) is 2. The molecule has 12 heteroatoms. The van der Waals surface area contributed by atoms with Crippen molar-refractivity contribution in [3.05, 3.63) is 38.8 Å². The summed E-state index contributed by atoms with van der Waals surface area (Å²) in [5, 5.41) is 9.35. The second-order valence-corrected chi connectivity index (χ2v) is 6.46. The zero-order valence-corrected chi connectivity index (χ0v) is 14.6. The number of rotatable bonds is 4. The van der Waals surface area contributed by atoms with Crippen LogP contribution in [0.1, 0.15) is 22.3 Å². The predicted molar refractivity (Wildman–Crippen MR) is 86.9 cm³/mol. The number of nitrogens with one attached hydrogen (secondary N) is 2. The number of carbonyl (C=O) groups is 2. The molecule has 0 saturated carbocycles. The molecule has 0 radical (unpaired) electrons. The predicted octanol–water partition coefficient (Wildman–Crippen LogP) is 3.62. The van der Waals surface area contributed by atoms with Gasteiger partial charge in [-0.2, -0.15) is 13.2 Å². The largest absolute Gasteiger partial charge is 0.445 e. The monoisotopic (exact) mass is 412 g/mol. The summed E-state index contributed by atoms with van der Waals surface area (Å²) >= 11 is 11.9. The number of hydrogen-bond acceptors (Lipinski definition) is 5. The Hall–Kier alpha value is -1.91. The number of nitrogens with zero attached hydrogens (tertiary/aromatic N) is 2. The summed E-state index contributed by atoms with van der Waals surface area (Å²) in [5.74, 6) is -1.43. The van der Waals surface area contributed by atoms with Crippen LogP contribution < -0.4 is 10.6 Å². The third-order valence-corrected chi connectivity index (χ3v) is 4.54. The molecule has 2 amide bonds. The van der Waals surface area contributed by atoms with E-state index in [4.69, 9.17) is 23.2 Å². The van der Waals surface area contributed by atoms with Crippen LogP contribution in [0.5, 0.6) is 0 Å². The maximum Gasteiger partial charge on any atom is 0.445 e. The van der Waals surface area contributed by atoms with Crippen molar-refractivity contribution in [2.24, 2.45) is 0 Å². The molecule has 0 spiro atoms. The van der Waals surface area contributed by atoms with E-state index in [-0.39, 0.29) is 32.1 Å². The number of amides is 2. The highest BCUT2D eigenvalue weighted by Gasteiger charge is 2.36. The summed E-state index contributed by atoms with van der Waals surface area (Å²) in [4.78, 5) is 24.1. The summed E-state index contributed by atoms with van der Waals surface area (Å²) in [7, 11) is 0. The van der Waals surface area contributed by atoms with Gasteiger partial charge in [0.05, 0.1) is 15.6 Å². The smallest absolute Gasteiger partial charge is 0.340 e. The Bertz CT molecular complexity index is 813. The molecular weight excluding hydrogens is 404 g/mol. The van der Waals surface area contributed by atoms with Crippen molar-refractivity contribution in [3.8, 4) is 0 Å². The Morgan fingerprint density at radius 1 is 1.24 bits per heavy atom. The molecule has 0 aliphatic carbocycles. The van der Waals surface area contributed by atoms with Gasteiger partial charge in [-0.25, -0.2) is 0 Å². The van der Waals surface area contributed by atoms with Crippen molar-refractivity contribution in [1.29, 1.82) is 0 Å². The van der Waals surface area contributed by atoms with Gasteiger partial charge >= 0.3 is 6.18 Å². The van der Waals surface area contributed by atoms with Crippen LogP contribution in [-0.2, 0) is 11.0 Å². The molecule has 0 aliphatic rings. The van der Waals surface area contributed by atoms with E-state index >= 15 is 0 Å². The van der Waals surface area contributed by atoms with Crippen LogP contribution in [0, 0.1) is 0 Å². The van der Waals surface area contributed by atoms with Gasteiger partial charge in [0, 0.05) is 0 Å². The van der Waals surface area contributed by atoms with Gasteiger partial charge in [0.15, 0.2) is 0 Å². The first kappa shape index (κ1) is 19.4. The Morgan fingerprint density at radius 3 is 2.52 bits per heavy atom. The van der Waals surface area contributed by atoms with E-state index in [1.807, 2.05) is 0 Å². The van der Waals surface area contributed by atoms with Crippen molar-refractivity contribution < 1.29 is 22.8 Å². The zero-order valence-electron chi connectivity index (χ0n) is 12.3. The SMILES string of the molecule is CC(NC(=O)c1cccc(Cl)c1Cl)C(=O)Nc1nnc(C(F)(F)F)s1. The molecule has 0 saturated heterocycles. The van der Waals surface area contributed by atoms with E-state index in [1.54, 1.807) is 0 Å². The van der Waals surface area contributed by atoms with Crippen molar-refractivity contribution in [3.63, 3.8) is 0 Å². The van der Waals surface area contributed by atoms with Gasteiger partial charge in [0.25, 0.3) is 5.91 Å². The van der Waals surface area contributed by atoms with Crippen molar-refractivity contribution in [1.82, 2.24) is 15.5 Å². The molecule has 1 unspecified atom stereocenters. The molecule has 134 valence electrons. The molecule has 6 nitrogen and oxygen atoms in total. The quantitative estimate of drug-likeness (QED) is 0.802. The lowest BCUT2D eigenvalue weighted by Gasteiger charge is -2.13. The Labute approximate surface area is 153 Å². The Balaban J connectivity index is 2.01. The van der Waals surface area contributed by atoms with Gasteiger partial charge in [-0.05, 0) is 19.1 Å². The highest BCUT2D eigenvalue weighted by atomic mass is 35.5. The highest BCUT2D eigenvalue weighted by Crippen LogP contribution is 2.33. The minimum atomic E-state index is -4.65. The first-order chi connectivity index (χ1) is 11.6. The van der Waals surface area contributed by atoms with Crippen molar-refractivity contribution in [2.45, 2.75) is 19.1 Å². The number of carbonyl (C=O) groups excluding carboxylic acids is 2. The van der Waals surface area contributed by atoms with Gasteiger partial charge in [0.2, 0.25) is 16.0 Å². The van der Waals surface area contributed by atoms with E-state index in [0.29, 0.717) is 0 Å². The maximum atomic E-state index is 12.4. The maximum absolute atomic E-state index is 12.4. The third kappa shape index (κ3) is 4.80. The topological polar surface area (TPSA) is 84.0 Å². The van der Waals surface area contributed by atoms with Crippen LogP contribution >= 0.6 is 34.5 Å². The van der Waals surface area contributed by atoms with E-state index in [9.17, 15) is 22.8 Å². The molecule has 25 heavy (non-hydrogen) atoms. The first-order valence-electron chi connectivity index (χ1n) is 6.56. The highest BCUT2D eigenvalue weighted by molar-refractivity contribution is 7.15. The first-order valence-corrected chi connectivity index (χ1v) is 8.13. The van der Waals surface area contributed by atoms with Gasteiger partial charge in [-0.3, -0.25) is 14.9 Å². The Morgan fingerprint density at radius 2 is 1.92 bits per heavy atom. The van der Waals surface area contributed by atoms with Crippen LogP contribution in [0.15, 0.2) is 18.2 Å². The summed E-state index contributed by atoms with van der Waals surface area (Å²) in [6, 6.07) is 3.34. The van der Waals surface area contributed by atoms with E-state index in [0.717, 1.165) is 0 Å². The summed E-state index contributed by atoms with van der Waals surface area (Å²) < 4.78 is 37.3. The second kappa shape index (κ2) is 7.54. The average Bonchev–Trinajstić information content (AvgIpc) is 2.98. The van der Waals surface area contributed by atoms with Crippen molar-refractivity contribution in [2.75, 3.05) is 5.32 Å². The lowest BCUT2D eigenvalue weighted by Crippen LogP contribution is -2.41. The van der Waals surface area contributed by atoms with Gasteiger partial charge in [0.1, 0.15) is 6.04 Å². The van der Waals surface area contributed by atoms with Crippen LogP contribution in [0.3, 0.4) is 0 Å². The van der Waals surface area contributed by atoms with Gasteiger partial charge < -0.3 is 5.32 Å². The molecule has 2 aromatic rings. The number of anilines is 1. The van der Waals surface area contributed by atoms with Gasteiger partial charge in [-0.15, -0.1) is 10.2 Å². The van der Waals surface area contributed by atoms with Crippen LogP contribution in [0.2, 0.25) is 10.0 Å². The minimum Gasteiger partial charge on any atom is -0.340 e. The van der Waals surface area contributed by atoms with E-state index < -0.39 is 29.0 Å². The fraction of sp³-hybridized carbons (Fsp3) is 0.231. The van der Waals surface area contributed by atoms with E-state index in [2.05, 4.69) is 20.8 Å². The standard InChI is InChI=1S/C13H9Cl2F3N4O2S/c1-5(19-10(24)6-3-2-4-7(14)8(6)15)9(23)20-12-22-21-11(25-12)13(16,17)18/h2-5H,1H3,(H,19,24)(H,20,22,23). The molecule has 0 bridgehead atoms. The van der Waals surface area contributed by atoms with Crippen molar-refractivity contribution >= 4 is 51.5 Å². The van der Waals surface area contributed by atoms with Crippen LogP contribution in [0.4, 0.5) is 18.3 Å². The average molecular weight is 413 g/mol. The lowest BCUT2D eigenvalue weighted by atomic mass is 10.2. The summed E-state index contributed by atoms with van der Waals surface area (Å²) in [5.41, 5.74) is 0.0593. The number of halogens is 5. The fourth-order valence-electron chi connectivity index (χ4n) is 1.62. The Kier molecular flexibility index (Phi) is 5.86. The minimum absolute atomic E-state index is 0.0215. The van der Waals surface area contributed by atoms with E-state index in [1.165, 1.54) is 25.1 Å². The number of benzene rings is 1. The lowest BCUT2D eigenvalue weighted by molar-refractivity contribution is -0.138. The van der Waals surface area contributed by atoms with Crippen LogP contribution in [0.25, 0.3) is 0 Å². The molecule has 2 N–H and O–H groups in total. The summed E-state index contributed by atoms with van der Waals surface area (Å²) in [6.45, 7) is 1.34. The summed E-state index contributed by atoms with van der Waals surface area (Å²) in [6.07, 6.45) is -4.65. The molecule has 1 aromatic heterocycles. The molecule has 2 rings (SSSR count). The number of aromatic nitrogens is 2. The third-order valence-electron chi connectivity index (χ3n) is 2.83. The second-order valence-electron chi connectivity index (χ2n) is 4.70. The normalized spacial score (nSPS) is 12.6. The molecule has 1 heterocycles. The molecule has 0 aliphatic heterocycles.